The van der Waals surface area contributed by atoms with Crippen LogP contribution in [-0.2, 0) is 74.5 Å². The molecular formula is C63H75N6O12P. The molecule has 5 atom stereocenters. The standard InChI is InChI=1S/C63H75N6O12P/c1-62(2,3)55(67-59(72)76-7)57(70)65-51(38-46-31-33-50(34-32-46)52-30-20-21-35-64-52)40-54(81-61(74)77-44-80-82(75,78-42-48-26-16-10-17-27-48)79-43-49-28-18-11-19-29-49)53(39-45-22-12-8-13-23-45)66-58(71)56(63(4,5)6)69-37-36-68(60(69)73)41-47-24-14-9-15-25-47/h8-35,51,53-56H,36-44H2,1-7H3,(H,65,70)(H,66,71)(H,67,72)/t51-,53-,54-,55+,56+/m0/s1. The fraction of sp³-hybridized carbons (Fsp3) is 0.365. The number of aromatic nitrogens is 1. The lowest BCUT2D eigenvalue weighted by Crippen LogP contribution is -2.60. The third kappa shape index (κ3) is 18.6. The monoisotopic (exact) mass is 1140 g/mol. The van der Waals surface area contributed by atoms with E-state index in [1.54, 1.807) is 85.3 Å². The van der Waals surface area contributed by atoms with Gasteiger partial charge in [0.2, 0.25) is 18.6 Å². The summed E-state index contributed by atoms with van der Waals surface area (Å²) in [6.07, 6.45) is -1.59. The van der Waals surface area contributed by atoms with Crippen LogP contribution in [0.4, 0.5) is 14.4 Å². The Labute approximate surface area is 480 Å². The quantitative estimate of drug-likeness (QED) is 0.0262. The highest BCUT2D eigenvalue weighted by Gasteiger charge is 2.45. The van der Waals surface area contributed by atoms with Crippen molar-refractivity contribution in [1.82, 2.24) is 30.7 Å². The molecule has 0 spiro atoms. The number of rotatable bonds is 26. The van der Waals surface area contributed by atoms with Gasteiger partial charge in [0.05, 0.1) is 32.1 Å². The number of alkyl carbamates (subject to hydrolysis) is 1. The first-order valence-electron chi connectivity index (χ1n) is 27.3. The molecule has 434 valence electrons. The largest absolute Gasteiger partial charge is 0.510 e. The fourth-order valence-electron chi connectivity index (χ4n) is 9.60. The van der Waals surface area contributed by atoms with Gasteiger partial charge in [-0.2, -0.15) is 0 Å². The molecule has 1 saturated heterocycles. The molecule has 1 fully saturated rings. The highest BCUT2D eigenvalue weighted by atomic mass is 31.2. The molecule has 18 nitrogen and oxygen atoms in total. The summed E-state index contributed by atoms with van der Waals surface area (Å²) in [7, 11) is -3.24. The first-order valence-corrected chi connectivity index (χ1v) is 28.8. The van der Waals surface area contributed by atoms with Gasteiger partial charge in [0.25, 0.3) is 0 Å². The molecule has 19 heteroatoms. The van der Waals surface area contributed by atoms with Gasteiger partial charge < -0.3 is 40.0 Å². The SMILES string of the molecule is COC(=O)N[C@H](C(=O)N[C@@H](Cc1ccc(-c2ccccn2)cc1)C[C@H](OC(=O)OCOP(=O)(OCc1ccccc1)OCc1ccccc1)[C@H](Cc1ccccc1)NC(=O)[C@@H](N1CCN(Cc2ccccc2)C1=O)C(C)(C)C)C(C)(C)C. The minimum Gasteiger partial charge on any atom is -0.453 e. The Morgan fingerprint density at radius 2 is 1.16 bits per heavy atom. The lowest BCUT2D eigenvalue weighted by atomic mass is 9.84. The van der Waals surface area contributed by atoms with E-state index in [0.717, 1.165) is 27.9 Å². The molecule has 82 heavy (non-hydrogen) atoms. The number of amides is 5. The van der Waals surface area contributed by atoms with E-state index in [0.29, 0.717) is 24.2 Å². The van der Waals surface area contributed by atoms with Gasteiger partial charge in [0, 0.05) is 43.9 Å². The van der Waals surface area contributed by atoms with E-state index in [-0.39, 0.29) is 45.1 Å². The van der Waals surface area contributed by atoms with Crippen LogP contribution in [0.5, 0.6) is 0 Å². The topological polar surface area (TPSA) is 213 Å². The van der Waals surface area contributed by atoms with E-state index in [1.165, 1.54) is 7.11 Å². The maximum Gasteiger partial charge on any atom is 0.510 e. The first kappa shape index (κ1) is 61.7. The summed E-state index contributed by atoms with van der Waals surface area (Å²) in [6.45, 7) is 10.8. The molecule has 5 aromatic carbocycles. The van der Waals surface area contributed by atoms with Gasteiger partial charge in [-0.1, -0.05) is 193 Å². The third-order valence-electron chi connectivity index (χ3n) is 13.7. The van der Waals surface area contributed by atoms with Gasteiger partial charge in [0.15, 0.2) is 0 Å². The zero-order valence-corrected chi connectivity index (χ0v) is 48.5. The second kappa shape index (κ2) is 29.2. The summed E-state index contributed by atoms with van der Waals surface area (Å²) in [4.78, 5) is 79.3. The minimum atomic E-state index is -4.44. The molecule has 2 heterocycles. The summed E-state index contributed by atoms with van der Waals surface area (Å²) in [5.41, 5.74) is 3.81. The molecule has 5 amide bonds. The zero-order valence-electron chi connectivity index (χ0n) is 47.6. The summed E-state index contributed by atoms with van der Waals surface area (Å²) in [5, 5.41) is 9.04. The Balaban J connectivity index is 1.23. The van der Waals surface area contributed by atoms with Gasteiger partial charge >= 0.3 is 26.1 Å². The van der Waals surface area contributed by atoms with Crippen molar-refractivity contribution >= 4 is 37.9 Å². The smallest absolute Gasteiger partial charge is 0.453 e. The lowest BCUT2D eigenvalue weighted by molar-refractivity contribution is -0.131. The Morgan fingerprint density at radius 3 is 1.70 bits per heavy atom. The highest BCUT2D eigenvalue weighted by molar-refractivity contribution is 7.48. The number of hydrogen-bond donors (Lipinski definition) is 3. The fourth-order valence-corrected chi connectivity index (χ4v) is 10.6. The molecule has 0 radical (unpaired) electrons. The van der Waals surface area contributed by atoms with Crippen molar-refractivity contribution in [3.63, 3.8) is 0 Å². The van der Waals surface area contributed by atoms with E-state index in [4.69, 9.17) is 27.8 Å². The average Bonchev–Trinajstić information content (AvgIpc) is 4.06. The molecule has 0 aliphatic carbocycles. The normalized spacial score (nSPS) is 14.6. The second-order valence-electron chi connectivity index (χ2n) is 22.2. The average molecular weight is 1140 g/mol. The van der Waals surface area contributed by atoms with Crippen LogP contribution in [0.15, 0.2) is 170 Å². The predicted octanol–water partition coefficient (Wildman–Crippen LogP) is 11.1. The number of nitrogens with zero attached hydrogens (tertiary/aromatic N) is 3. The highest BCUT2D eigenvalue weighted by Crippen LogP contribution is 2.51. The molecule has 7 rings (SSSR count). The van der Waals surface area contributed by atoms with Crippen molar-refractivity contribution in [2.75, 3.05) is 27.0 Å². The summed E-state index contributed by atoms with van der Waals surface area (Å²) in [6, 6.07) is 45.7. The second-order valence-corrected chi connectivity index (χ2v) is 23.9. The number of pyridine rings is 1. The van der Waals surface area contributed by atoms with Crippen LogP contribution in [-0.4, -0.2) is 102 Å². The number of urea groups is 1. The number of phosphoric acid groups is 1. The minimum absolute atomic E-state index is 0.0930. The third-order valence-corrected chi connectivity index (χ3v) is 15.0. The maximum atomic E-state index is 15.3. The van der Waals surface area contributed by atoms with Gasteiger partial charge in [-0.15, -0.1) is 0 Å². The van der Waals surface area contributed by atoms with Crippen molar-refractivity contribution in [2.24, 2.45) is 10.8 Å². The van der Waals surface area contributed by atoms with Crippen molar-refractivity contribution in [1.29, 1.82) is 0 Å². The number of methoxy groups -OCH3 is 1. The van der Waals surface area contributed by atoms with Gasteiger partial charge in [0.1, 0.15) is 18.2 Å². The van der Waals surface area contributed by atoms with Gasteiger partial charge in [-0.05, 0) is 63.6 Å². The van der Waals surface area contributed by atoms with Crippen molar-refractivity contribution in [3.05, 3.63) is 198 Å². The molecule has 1 aliphatic rings. The van der Waals surface area contributed by atoms with E-state index < -0.39 is 79.8 Å². The van der Waals surface area contributed by atoms with Crippen LogP contribution in [0.25, 0.3) is 11.3 Å². The van der Waals surface area contributed by atoms with Crippen molar-refractivity contribution in [2.45, 2.75) is 111 Å². The van der Waals surface area contributed by atoms with Crippen molar-refractivity contribution in [3.8, 4) is 11.3 Å². The number of hydrogen-bond acceptors (Lipinski definition) is 13. The summed E-state index contributed by atoms with van der Waals surface area (Å²) < 4.78 is 48.3. The number of nitrogens with one attached hydrogen (secondary N) is 3. The molecule has 0 unspecified atom stereocenters. The Morgan fingerprint density at radius 1 is 0.610 bits per heavy atom. The molecule has 3 N–H and O–H groups in total. The van der Waals surface area contributed by atoms with E-state index in [2.05, 4.69) is 20.9 Å². The molecule has 0 bridgehead atoms. The number of carbonyl (C=O) groups is 5. The Kier molecular flexibility index (Phi) is 22.0. The van der Waals surface area contributed by atoms with Crippen LogP contribution in [0.3, 0.4) is 0 Å². The van der Waals surface area contributed by atoms with Gasteiger partial charge in [-0.25, -0.2) is 23.5 Å². The van der Waals surface area contributed by atoms with E-state index in [9.17, 15) is 23.7 Å². The van der Waals surface area contributed by atoms with Crippen LogP contribution in [0.2, 0.25) is 0 Å². The van der Waals surface area contributed by atoms with Crippen LogP contribution in [0, 0.1) is 10.8 Å². The van der Waals surface area contributed by atoms with Gasteiger partial charge in [-0.3, -0.25) is 23.6 Å². The zero-order chi connectivity index (χ0) is 58.7. The Hall–Kier alpha value is -7.89. The molecule has 1 aromatic heterocycles. The number of phosphoric ester groups is 1. The van der Waals surface area contributed by atoms with Crippen LogP contribution in [0.1, 0.15) is 75.8 Å². The summed E-state index contributed by atoms with van der Waals surface area (Å²) in [5.74, 6) is -1.07. The van der Waals surface area contributed by atoms with E-state index >= 15 is 4.79 Å². The van der Waals surface area contributed by atoms with E-state index in [1.807, 2.05) is 136 Å². The maximum absolute atomic E-state index is 15.3. The number of carbonyl (C=O) groups excluding carboxylic acids is 5. The van der Waals surface area contributed by atoms with Crippen LogP contribution < -0.4 is 16.0 Å². The number of benzene rings is 5. The molecule has 6 aromatic rings. The van der Waals surface area contributed by atoms with Crippen molar-refractivity contribution < 1.29 is 56.3 Å². The summed E-state index contributed by atoms with van der Waals surface area (Å²) >= 11 is 0. The first-order chi connectivity index (χ1) is 39.3. The molecule has 1 aliphatic heterocycles. The Bertz CT molecular complexity index is 2990. The predicted molar refractivity (Wildman–Crippen MR) is 310 cm³/mol. The number of ether oxygens (including phenoxy) is 3. The molecular weight excluding hydrogens is 1060 g/mol. The van der Waals surface area contributed by atoms with Crippen LogP contribution >= 0.6 is 7.82 Å². The lowest BCUT2D eigenvalue weighted by Gasteiger charge is -2.39. The molecule has 0 saturated carbocycles.